The predicted octanol–water partition coefficient (Wildman–Crippen LogP) is 2.50. The van der Waals surface area contributed by atoms with Gasteiger partial charge in [-0.2, -0.15) is 0 Å². The smallest absolute Gasteiger partial charge is 0.321 e. The number of nitrogens with one attached hydrogen (secondary N) is 2. The quantitative estimate of drug-likeness (QED) is 0.907. The highest BCUT2D eigenvalue weighted by Gasteiger charge is 2.16. The molecule has 0 bridgehead atoms. The van der Waals surface area contributed by atoms with Crippen LogP contribution in [0.4, 0.5) is 9.93 Å². The Labute approximate surface area is 131 Å². The summed E-state index contributed by atoms with van der Waals surface area (Å²) in [6.07, 6.45) is 0. The van der Waals surface area contributed by atoms with Crippen molar-refractivity contribution in [2.45, 2.75) is 19.9 Å². The minimum Gasteiger partial charge on any atom is -0.486 e. The number of aryl methyl sites for hydroxylation is 1. The first-order chi connectivity index (χ1) is 10.6. The molecule has 22 heavy (non-hydrogen) atoms. The van der Waals surface area contributed by atoms with Crippen molar-refractivity contribution in [2.75, 3.05) is 18.5 Å². The summed E-state index contributed by atoms with van der Waals surface area (Å²) in [6, 6.07) is 5.15. The lowest BCUT2D eigenvalue weighted by atomic mass is 10.1. The molecular weight excluding hydrogens is 304 g/mol. The zero-order chi connectivity index (χ0) is 15.5. The Morgan fingerprint density at radius 1 is 1.27 bits per heavy atom. The summed E-state index contributed by atoms with van der Waals surface area (Å²) in [7, 11) is 0. The molecule has 1 atom stereocenters. The lowest BCUT2D eigenvalue weighted by Gasteiger charge is -2.21. The van der Waals surface area contributed by atoms with Gasteiger partial charge in [0.25, 0.3) is 0 Å². The molecule has 0 unspecified atom stereocenters. The molecule has 1 aromatic heterocycles. The highest BCUT2D eigenvalue weighted by molar-refractivity contribution is 7.15. The minimum absolute atomic E-state index is 0.176. The molecule has 2 aromatic rings. The molecule has 1 aromatic carbocycles. The molecule has 0 fully saturated rings. The number of amides is 2. The molecule has 3 rings (SSSR count). The Morgan fingerprint density at radius 3 is 2.77 bits per heavy atom. The number of anilines is 1. The van der Waals surface area contributed by atoms with Crippen LogP contribution in [0.25, 0.3) is 0 Å². The number of aromatic nitrogens is 2. The number of rotatable bonds is 3. The standard InChI is InChI=1S/C14H16N4O3S/c1-8(15-13(19)16-14-18-17-9(2)22-14)10-3-4-11-12(7-10)21-6-5-20-11/h3-4,7-8H,5-6H2,1-2H3,(H2,15,16,18,19)/t8-/m0/s1. The number of carbonyl (C=O) groups excluding carboxylic acids is 1. The molecule has 2 N–H and O–H groups in total. The number of hydrogen-bond donors (Lipinski definition) is 2. The third-order valence-corrected chi connectivity index (χ3v) is 3.91. The average Bonchev–Trinajstić information content (AvgIpc) is 2.91. The van der Waals surface area contributed by atoms with Crippen molar-refractivity contribution in [1.29, 1.82) is 0 Å². The van der Waals surface area contributed by atoms with Gasteiger partial charge in [-0.1, -0.05) is 17.4 Å². The van der Waals surface area contributed by atoms with Crippen LogP contribution in [-0.4, -0.2) is 29.4 Å². The van der Waals surface area contributed by atoms with Gasteiger partial charge in [-0.15, -0.1) is 10.2 Å². The summed E-state index contributed by atoms with van der Waals surface area (Å²) in [4.78, 5) is 12.0. The number of benzene rings is 1. The summed E-state index contributed by atoms with van der Waals surface area (Å²) in [5.41, 5.74) is 0.938. The van der Waals surface area contributed by atoms with Crippen LogP contribution in [0.1, 0.15) is 23.5 Å². The summed E-state index contributed by atoms with van der Waals surface area (Å²) in [5.74, 6) is 1.44. The van der Waals surface area contributed by atoms with Crippen molar-refractivity contribution in [1.82, 2.24) is 15.5 Å². The topological polar surface area (TPSA) is 85.4 Å². The second kappa shape index (κ2) is 6.18. The second-order valence-electron chi connectivity index (χ2n) is 4.85. The monoisotopic (exact) mass is 320 g/mol. The Balaban J connectivity index is 1.63. The van der Waals surface area contributed by atoms with Gasteiger partial charge in [-0.05, 0) is 31.5 Å². The molecule has 8 heteroatoms. The Hall–Kier alpha value is -2.35. The summed E-state index contributed by atoms with van der Waals surface area (Å²) in [6.45, 7) is 4.83. The molecule has 1 aliphatic heterocycles. The van der Waals surface area contributed by atoms with Gasteiger partial charge in [0, 0.05) is 0 Å². The Morgan fingerprint density at radius 2 is 2.05 bits per heavy atom. The normalized spacial score (nSPS) is 14.3. The van der Waals surface area contributed by atoms with Crippen LogP contribution in [0, 0.1) is 6.92 Å². The minimum atomic E-state index is -0.321. The van der Waals surface area contributed by atoms with E-state index in [4.69, 9.17) is 9.47 Å². The number of hydrogen-bond acceptors (Lipinski definition) is 6. The van der Waals surface area contributed by atoms with Gasteiger partial charge in [0.2, 0.25) is 5.13 Å². The maximum atomic E-state index is 12.0. The lowest BCUT2D eigenvalue weighted by molar-refractivity contribution is 0.171. The fraction of sp³-hybridized carbons (Fsp3) is 0.357. The summed E-state index contributed by atoms with van der Waals surface area (Å²) in [5, 5.41) is 14.5. The highest BCUT2D eigenvalue weighted by atomic mass is 32.1. The van der Waals surface area contributed by atoms with Gasteiger partial charge in [-0.3, -0.25) is 5.32 Å². The van der Waals surface area contributed by atoms with E-state index in [1.807, 2.05) is 32.0 Å². The van der Waals surface area contributed by atoms with Crippen molar-refractivity contribution < 1.29 is 14.3 Å². The van der Waals surface area contributed by atoms with Crippen LogP contribution in [0.3, 0.4) is 0 Å². The van der Waals surface area contributed by atoms with Crippen molar-refractivity contribution in [3.63, 3.8) is 0 Å². The van der Waals surface area contributed by atoms with E-state index in [2.05, 4.69) is 20.8 Å². The average molecular weight is 320 g/mol. The molecule has 1 aliphatic rings. The zero-order valence-corrected chi connectivity index (χ0v) is 13.1. The first-order valence-electron chi connectivity index (χ1n) is 6.89. The van der Waals surface area contributed by atoms with E-state index in [0.717, 1.165) is 16.3 Å². The largest absolute Gasteiger partial charge is 0.486 e. The van der Waals surface area contributed by atoms with E-state index in [1.54, 1.807) is 0 Å². The molecule has 0 saturated carbocycles. The summed E-state index contributed by atoms with van der Waals surface area (Å²) < 4.78 is 11.0. The summed E-state index contributed by atoms with van der Waals surface area (Å²) >= 11 is 1.33. The number of nitrogens with zero attached hydrogens (tertiary/aromatic N) is 2. The van der Waals surface area contributed by atoms with Gasteiger partial charge >= 0.3 is 6.03 Å². The van der Waals surface area contributed by atoms with Gasteiger partial charge < -0.3 is 14.8 Å². The lowest BCUT2D eigenvalue weighted by Crippen LogP contribution is -2.31. The van der Waals surface area contributed by atoms with Crippen molar-refractivity contribution in [3.05, 3.63) is 28.8 Å². The molecular formula is C14H16N4O3S. The van der Waals surface area contributed by atoms with Crippen LogP contribution in [0.15, 0.2) is 18.2 Å². The maximum absolute atomic E-state index is 12.0. The van der Waals surface area contributed by atoms with Gasteiger partial charge in [-0.25, -0.2) is 4.79 Å². The Kier molecular flexibility index (Phi) is 4.10. The molecule has 116 valence electrons. The number of fused-ring (bicyclic) bond motifs is 1. The van der Waals surface area contributed by atoms with E-state index >= 15 is 0 Å². The molecule has 0 aliphatic carbocycles. The van der Waals surface area contributed by atoms with Gasteiger partial charge in [0.05, 0.1) is 6.04 Å². The van der Waals surface area contributed by atoms with E-state index in [1.165, 1.54) is 11.3 Å². The Bertz CT molecular complexity index is 688. The fourth-order valence-electron chi connectivity index (χ4n) is 2.09. The molecule has 0 saturated heterocycles. The molecule has 7 nitrogen and oxygen atoms in total. The molecule has 2 heterocycles. The van der Waals surface area contributed by atoms with E-state index in [0.29, 0.717) is 24.1 Å². The highest BCUT2D eigenvalue weighted by Crippen LogP contribution is 2.32. The van der Waals surface area contributed by atoms with Gasteiger partial charge in [0.15, 0.2) is 11.5 Å². The van der Waals surface area contributed by atoms with Crippen molar-refractivity contribution in [2.24, 2.45) is 0 Å². The first-order valence-corrected chi connectivity index (χ1v) is 7.70. The third kappa shape index (κ3) is 3.28. The third-order valence-electron chi connectivity index (χ3n) is 3.16. The molecule has 0 spiro atoms. The fourth-order valence-corrected chi connectivity index (χ4v) is 2.68. The van der Waals surface area contributed by atoms with Crippen molar-refractivity contribution in [3.8, 4) is 11.5 Å². The van der Waals surface area contributed by atoms with Gasteiger partial charge in [0.1, 0.15) is 18.2 Å². The van der Waals surface area contributed by atoms with E-state index < -0.39 is 0 Å². The molecule has 2 amide bonds. The van der Waals surface area contributed by atoms with Crippen LogP contribution in [0.5, 0.6) is 11.5 Å². The number of urea groups is 1. The number of ether oxygens (including phenoxy) is 2. The van der Waals surface area contributed by atoms with E-state index in [-0.39, 0.29) is 12.1 Å². The second-order valence-corrected chi connectivity index (χ2v) is 6.03. The van der Waals surface area contributed by atoms with Crippen LogP contribution in [-0.2, 0) is 0 Å². The maximum Gasteiger partial charge on any atom is 0.321 e. The SMILES string of the molecule is Cc1nnc(NC(=O)N[C@@H](C)c2ccc3c(c2)OCCO3)s1. The first kappa shape index (κ1) is 14.6. The number of carbonyl (C=O) groups is 1. The van der Waals surface area contributed by atoms with E-state index in [9.17, 15) is 4.79 Å². The molecule has 0 radical (unpaired) electrons. The predicted molar refractivity (Wildman–Crippen MR) is 82.6 cm³/mol. The van der Waals surface area contributed by atoms with Crippen LogP contribution < -0.4 is 20.1 Å². The zero-order valence-electron chi connectivity index (χ0n) is 12.3. The van der Waals surface area contributed by atoms with Crippen LogP contribution in [0.2, 0.25) is 0 Å². The van der Waals surface area contributed by atoms with Crippen LogP contribution >= 0.6 is 11.3 Å². The van der Waals surface area contributed by atoms with Crippen molar-refractivity contribution >= 4 is 22.5 Å².